The van der Waals surface area contributed by atoms with Gasteiger partial charge in [-0.2, -0.15) is 0 Å². The number of nitrogens with zero attached hydrogens (tertiary/aromatic N) is 1. The average molecular weight is 510 g/mol. The number of carbonyl (C=O) groups is 1. The normalized spacial score (nSPS) is 18.2. The van der Waals surface area contributed by atoms with Crippen LogP contribution in [0.4, 0.5) is 5.69 Å². The number of benzene rings is 1. The van der Waals surface area contributed by atoms with E-state index in [0.29, 0.717) is 26.5 Å². The Balaban J connectivity index is 1.83. The maximum Gasteiger partial charge on any atom is 0.264 e. The first-order valence-electron chi connectivity index (χ1n) is 6.01. The molecule has 112 valence electrons. The maximum absolute atomic E-state index is 11.9. The number of amidine groups is 1. The first kappa shape index (κ1) is 16.1. The Labute approximate surface area is 157 Å². The summed E-state index contributed by atoms with van der Waals surface area (Å²) >= 11 is 12.7. The van der Waals surface area contributed by atoms with Gasteiger partial charge in [-0.15, -0.1) is 0 Å². The zero-order valence-corrected chi connectivity index (χ0v) is 16.1. The van der Waals surface area contributed by atoms with Crippen molar-refractivity contribution in [1.29, 1.82) is 0 Å². The lowest BCUT2D eigenvalue weighted by atomic mass is 10.3. The first-order valence-corrected chi connectivity index (χ1v) is 9.08. The van der Waals surface area contributed by atoms with Crippen LogP contribution >= 0.6 is 61.9 Å². The van der Waals surface area contributed by atoms with Crippen LogP contribution in [-0.4, -0.2) is 11.1 Å². The Morgan fingerprint density at radius 3 is 2.86 bits per heavy atom. The molecule has 8 heteroatoms. The topological polar surface area (TPSA) is 54.6 Å². The standard InChI is InChI=1S/C14H7BrClIN2O2S/c15-9-3-1-7(5-10(9)16)18-14-19-13(20)11(22-14)6-8-2-4-12(17)21-8/h1-6H,(H,18,19,20)/b11-6-. The molecule has 4 nitrogen and oxygen atoms in total. The lowest BCUT2D eigenvalue weighted by Crippen LogP contribution is -2.19. The van der Waals surface area contributed by atoms with Crippen molar-refractivity contribution in [2.75, 3.05) is 0 Å². The summed E-state index contributed by atoms with van der Waals surface area (Å²) in [6.07, 6.45) is 1.69. The van der Waals surface area contributed by atoms with Gasteiger partial charge in [-0.25, -0.2) is 4.99 Å². The molecule has 0 atom stereocenters. The monoisotopic (exact) mass is 508 g/mol. The van der Waals surface area contributed by atoms with E-state index < -0.39 is 0 Å². The quantitative estimate of drug-likeness (QED) is 0.448. The van der Waals surface area contributed by atoms with Gasteiger partial charge >= 0.3 is 0 Å². The summed E-state index contributed by atoms with van der Waals surface area (Å²) in [6.45, 7) is 0. The van der Waals surface area contributed by atoms with Crippen LogP contribution < -0.4 is 5.32 Å². The van der Waals surface area contributed by atoms with E-state index in [4.69, 9.17) is 16.0 Å². The Kier molecular flexibility index (Phi) is 4.96. The van der Waals surface area contributed by atoms with Crippen molar-refractivity contribution in [3.63, 3.8) is 0 Å². The molecule has 1 aromatic heterocycles. The number of aliphatic imine (C=N–C) groups is 1. The number of rotatable bonds is 2. The zero-order valence-electron chi connectivity index (χ0n) is 10.8. The van der Waals surface area contributed by atoms with Gasteiger partial charge in [0.15, 0.2) is 8.93 Å². The van der Waals surface area contributed by atoms with E-state index in [2.05, 4.69) is 48.8 Å². The van der Waals surface area contributed by atoms with E-state index in [9.17, 15) is 4.79 Å². The Hall–Kier alpha value is -0.770. The lowest BCUT2D eigenvalue weighted by Gasteiger charge is -1.99. The molecule has 1 saturated heterocycles. The highest BCUT2D eigenvalue weighted by atomic mass is 127. The molecule has 1 aliphatic rings. The fourth-order valence-electron chi connectivity index (χ4n) is 1.69. The van der Waals surface area contributed by atoms with Gasteiger partial charge in [0, 0.05) is 10.5 Å². The molecule has 0 unspecified atom stereocenters. The molecular formula is C14H7BrClIN2O2S. The Morgan fingerprint density at radius 2 is 2.18 bits per heavy atom. The van der Waals surface area contributed by atoms with Gasteiger partial charge < -0.3 is 9.73 Å². The minimum Gasteiger partial charge on any atom is -0.451 e. The van der Waals surface area contributed by atoms with Crippen LogP contribution in [0.3, 0.4) is 0 Å². The van der Waals surface area contributed by atoms with Crippen molar-refractivity contribution >= 4 is 84.7 Å². The van der Waals surface area contributed by atoms with Crippen molar-refractivity contribution < 1.29 is 9.21 Å². The van der Waals surface area contributed by atoms with Crippen LogP contribution in [0.15, 0.2) is 49.1 Å². The zero-order chi connectivity index (χ0) is 15.7. The molecule has 0 bridgehead atoms. The van der Waals surface area contributed by atoms with Crippen molar-refractivity contribution in [1.82, 2.24) is 5.32 Å². The summed E-state index contributed by atoms with van der Waals surface area (Å²) in [4.78, 5) is 16.9. The van der Waals surface area contributed by atoms with Crippen LogP contribution in [0.5, 0.6) is 0 Å². The number of thioether (sulfide) groups is 1. The molecule has 1 aromatic carbocycles. The van der Waals surface area contributed by atoms with Gasteiger partial charge in [0.05, 0.1) is 15.6 Å². The number of furan rings is 1. The Morgan fingerprint density at radius 1 is 1.36 bits per heavy atom. The molecule has 1 N–H and O–H groups in total. The van der Waals surface area contributed by atoms with Gasteiger partial charge in [-0.3, -0.25) is 4.79 Å². The lowest BCUT2D eigenvalue weighted by molar-refractivity contribution is -0.115. The third-order valence-corrected chi connectivity index (χ3v) is 5.37. The van der Waals surface area contributed by atoms with Gasteiger partial charge in [0.2, 0.25) is 0 Å². The van der Waals surface area contributed by atoms with E-state index in [1.165, 1.54) is 11.8 Å². The second kappa shape index (κ2) is 6.77. The summed E-state index contributed by atoms with van der Waals surface area (Å²) in [6, 6.07) is 8.99. The fourth-order valence-corrected chi connectivity index (χ4v) is 3.36. The van der Waals surface area contributed by atoms with E-state index in [1.54, 1.807) is 12.1 Å². The Bertz CT molecular complexity index is 819. The van der Waals surface area contributed by atoms with E-state index >= 15 is 0 Å². The molecule has 22 heavy (non-hydrogen) atoms. The number of hydrogen-bond acceptors (Lipinski definition) is 4. The number of amides is 1. The molecule has 0 spiro atoms. The van der Waals surface area contributed by atoms with E-state index in [1.807, 2.05) is 24.3 Å². The first-order chi connectivity index (χ1) is 10.5. The molecule has 0 saturated carbocycles. The summed E-state index contributed by atoms with van der Waals surface area (Å²) in [5.41, 5.74) is 0.671. The SMILES string of the molecule is O=C1NC(=Nc2ccc(Br)c(Cl)c2)S/C1=C\c1ccc(I)o1. The van der Waals surface area contributed by atoms with Gasteiger partial charge in [-0.1, -0.05) is 11.6 Å². The summed E-state index contributed by atoms with van der Waals surface area (Å²) < 4.78 is 7.00. The fraction of sp³-hybridized carbons (Fsp3) is 0. The van der Waals surface area contributed by atoms with Crippen LogP contribution in [0, 0.1) is 3.77 Å². The van der Waals surface area contributed by atoms with Crippen molar-refractivity contribution in [3.05, 3.63) is 54.3 Å². The van der Waals surface area contributed by atoms with Gasteiger partial charge in [0.25, 0.3) is 5.91 Å². The number of carbonyl (C=O) groups excluding carboxylic acids is 1. The van der Waals surface area contributed by atoms with Crippen molar-refractivity contribution in [2.45, 2.75) is 0 Å². The van der Waals surface area contributed by atoms with Gasteiger partial charge in [-0.05, 0) is 80.6 Å². The van der Waals surface area contributed by atoms with Crippen molar-refractivity contribution in [3.8, 4) is 0 Å². The van der Waals surface area contributed by atoms with Crippen molar-refractivity contribution in [2.24, 2.45) is 4.99 Å². The molecule has 2 heterocycles. The molecule has 1 amide bonds. The largest absolute Gasteiger partial charge is 0.451 e. The molecule has 0 radical (unpaired) electrons. The highest BCUT2D eigenvalue weighted by Gasteiger charge is 2.24. The maximum atomic E-state index is 11.9. The minimum atomic E-state index is -0.196. The summed E-state index contributed by atoms with van der Waals surface area (Å²) in [5.74, 6) is 0.438. The van der Waals surface area contributed by atoms with Crippen LogP contribution in [0.2, 0.25) is 5.02 Å². The van der Waals surface area contributed by atoms with Gasteiger partial charge in [0.1, 0.15) is 5.76 Å². The molecule has 1 aliphatic heterocycles. The molecule has 2 aromatic rings. The number of nitrogens with one attached hydrogen (secondary N) is 1. The number of hydrogen-bond donors (Lipinski definition) is 1. The predicted molar refractivity (Wildman–Crippen MR) is 101 cm³/mol. The highest BCUT2D eigenvalue weighted by molar-refractivity contribution is 14.1. The third kappa shape index (κ3) is 3.76. The highest BCUT2D eigenvalue weighted by Crippen LogP contribution is 2.31. The third-order valence-electron chi connectivity index (χ3n) is 2.65. The van der Waals surface area contributed by atoms with E-state index in [-0.39, 0.29) is 5.91 Å². The van der Waals surface area contributed by atoms with Crippen LogP contribution in [0.25, 0.3) is 6.08 Å². The minimum absolute atomic E-state index is 0.196. The van der Waals surface area contributed by atoms with E-state index in [0.717, 1.165) is 8.24 Å². The molecule has 0 aliphatic carbocycles. The predicted octanol–water partition coefficient (Wildman–Crippen LogP) is 5.19. The van der Waals surface area contributed by atoms with Crippen LogP contribution in [0.1, 0.15) is 5.76 Å². The summed E-state index contributed by atoms with van der Waals surface area (Å²) in [7, 11) is 0. The molecular weight excluding hydrogens is 502 g/mol. The summed E-state index contributed by atoms with van der Waals surface area (Å²) in [5, 5.41) is 3.80. The number of halogens is 3. The average Bonchev–Trinajstić information content (AvgIpc) is 3.01. The molecule has 1 fully saturated rings. The van der Waals surface area contributed by atoms with Crippen LogP contribution in [-0.2, 0) is 4.79 Å². The second-order valence-corrected chi connectivity index (χ2v) is 7.58. The second-order valence-electron chi connectivity index (χ2n) is 4.22. The smallest absolute Gasteiger partial charge is 0.264 e. The molecule has 3 rings (SSSR count).